The molecule has 0 radical (unpaired) electrons. The van der Waals surface area contributed by atoms with Gasteiger partial charge in [0.05, 0.1) is 6.20 Å². The molecule has 0 atom stereocenters. The van der Waals surface area contributed by atoms with Crippen molar-refractivity contribution in [3.05, 3.63) is 104 Å². The van der Waals surface area contributed by atoms with Gasteiger partial charge >= 0.3 is 21.1 Å². The molecule has 0 fully saturated rings. The molecular weight excluding hydrogens is 605 g/mol. The minimum absolute atomic E-state index is 0. The van der Waals surface area contributed by atoms with Gasteiger partial charge in [0.25, 0.3) is 0 Å². The molecular formula is C28H15N3O2Pt. The van der Waals surface area contributed by atoms with Crippen molar-refractivity contribution >= 4 is 43.6 Å². The molecule has 34 heavy (non-hydrogen) atoms. The summed E-state index contributed by atoms with van der Waals surface area (Å²) in [7, 11) is 0. The van der Waals surface area contributed by atoms with Gasteiger partial charge in [-0.1, -0.05) is 36.4 Å². The third-order valence-electron chi connectivity index (χ3n) is 5.80. The van der Waals surface area contributed by atoms with Gasteiger partial charge in [-0.15, -0.1) is 41.1 Å². The molecule has 164 valence electrons. The quantitative estimate of drug-likeness (QED) is 0.160. The summed E-state index contributed by atoms with van der Waals surface area (Å²) in [6.07, 6.45) is 5.40. The number of benzene rings is 4. The van der Waals surface area contributed by atoms with Crippen molar-refractivity contribution in [2.75, 3.05) is 0 Å². The summed E-state index contributed by atoms with van der Waals surface area (Å²) < 4.78 is 13.9. The number of rotatable bonds is 3. The molecule has 6 heteroatoms. The zero-order valence-electron chi connectivity index (χ0n) is 17.6. The van der Waals surface area contributed by atoms with Gasteiger partial charge in [0.1, 0.15) is 5.58 Å². The van der Waals surface area contributed by atoms with Crippen molar-refractivity contribution in [2.45, 2.75) is 0 Å². The fourth-order valence-electron chi connectivity index (χ4n) is 4.32. The molecule has 0 amide bonds. The van der Waals surface area contributed by atoms with Crippen molar-refractivity contribution in [3.63, 3.8) is 0 Å². The standard InChI is InChI=1S/C28H15N3O2.Pt/c1-2-8-25-22(7-1)27-23-12-10-18-9-11-21(16-24(18)28(23)29-17-26(27)33-25)32-20-6-3-5-19(15-20)31-14-4-13-30-31;/h1-14,17H;/q-2;+2. The van der Waals surface area contributed by atoms with Gasteiger partial charge in [-0.25, -0.2) is 0 Å². The minimum Gasteiger partial charge on any atom is -0.503 e. The van der Waals surface area contributed by atoms with Crippen LogP contribution < -0.4 is 4.74 Å². The number of fused-ring (bicyclic) bond motifs is 7. The molecule has 3 aromatic heterocycles. The van der Waals surface area contributed by atoms with E-state index >= 15 is 0 Å². The molecule has 0 aliphatic rings. The summed E-state index contributed by atoms with van der Waals surface area (Å²) in [6.45, 7) is 0. The summed E-state index contributed by atoms with van der Waals surface area (Å²) in [5.41, 5.74) is 3.31. The van der Waals surface area contributed by atoms with Gasteiger partial charge in [0, 0.05) is 34.7 Å². The van der Waals surface area contributed by atoms with E-state index in [1.54, 1.807) is 17.1 Å². The van der Waals surface area contributed by atoms with E-state index in [4.69, 9.17) is 14.1 Å². The number of para-hydroxylation sites is 1. The predicted octanol–water partition coefficient (Wildman–Crippen LogP) is 6.86. The fraction of sp³-hybridized carbons (Fsp3) is 0. The molecule has 7 rings (SSSR count). The molecule has 0 saturated heterocycles. The van der Waals surface area contributed by atoms with Gasteiger partial charge in [0.2, 0.25) is 0 Å². The SMILES string of the molecule is [Pt+2].[c-]1c(Oc2[c-]c3c(cc2)ccc2c3ncc3oc4ccccc4c32)cccc1-n1cccn1. The summed E-state index contributed by atoms with van der Waals surface area (Å²) in [6, 6.07) is 30.5. The van der Waals surface area contributed by atoms with E-state index in [0.717, 1.165) is 49.3 Å². The van der Waals surface area contributed by atoms with E-state index in [0.29, 0.717) is 11.5 Å². The van der Waals surface area contributed by atoms with Crippen LogP contribution in [0.4, 0.5) is 0 Å². The first-order valence-corrected chi connectivity index (χ1v) is 10.6. The second-order valence-corrected chi connectivity index (χ2v) is 7.80. The molecule has 5 nitrogen and oxygen atoms in total. The first-order chi connectivity index (χ1) is 16.3. The second kappa shape index (κ2) is 8.12. The van der Waals surface area contributed by atoms with E-state index in [9.17, 15) is 0 Å². The molecule has 0 saturated carbocycles. The Morgan fingerprint density at radius 2 is 1.68 bits per heavy atom. The third kappa shape index (κ3) is 3.28. The van der Waals surface area contributed by atoms with Crippen molar-refractivity contribution in [1.82, 2.24) is 14.8 Å². The van der Waals surface area contributed by atoms with Gasteiger partial charge in [-0.3, -0.25) is 4.68 Å². The molecule has 0 bridgehead atoms. The number of aromatic nitrogens is 3. The fourth-order valence-corrected chi connectivity index (χ4v) is 4.32. The molecule has 0 N–H and O–H groups in total. The summed E-state index contributed by atoms with van der Waals surface area (Å²) in [4.78, 5) is 4.73. The molecule has 4 aromatic carbocycles. The number of furan rings is 1. The van der Waals surface area contributed by atoms with Gasteiger partial charge in [-0.2, -0.15) is 11.2 Å². The summed E-state index contributed by atoms with van der Waals surface area (Å²) in [5.74, 6) is 1.19. The van der Waals surface area contributed by atoms with Gasteiger partial charge in [-0.05, 0) is 28.7 Å². The zero-order valence-corrected chi connectivity index (χ0v) is 19.9. The maximum Gasteiger partial charge on any atom is 2.00 e. The average molecular weight is 621 g/mol. The van der Waals surface area contributed by atoms with E-state index in [2.05, 4.69) is 35.4 Å². The van der Waals surface area contributed by atoms with Crippen LogP contribution in [0.5, 0.6) is 11.5 Å². The van der Waals surface area contributed by atoms with Crippen LogP contribution in [0, 0.1) is 12.1 Å². The first-order valence-electron chi connectivity index (χ1n) is 10.6. The minimum atomic E-state index is 0. The molecule has 7 aromatic rings. The van der Waals surface area contributed by atoms with Crippen LogP contribution in [-0.4, -0.2) is 14.8 Å². The maximum atomic E-state index is 6.12. The summed E-state index contributed by atoms with van der Waals surface area (Å²) >= 11 is 0. The van der Waals surface area contributed by atoms with Crippen LogP contribution in [0.1, 0.15) is 0 Å². The van der Waals surface area contributed by atoms with Crippen molar-refractivity contribution in [3.8, 4) is 17.2 Å². The van der Waals surface area contributed by atoms with Crippen LogP contribution in [0.2, 0.25) is 0 Å². The predicted molar refractivity (Wildman–Crippen MR) is 128 cm³/mol. The average Bonchev–Trinajstić information content (AvgIpc) is 3.52. The van der Waals surface area contributed by atoms with E-state index in [1.807, 2.05) is 60.8 Å². The molecule has 3 heterocycles. The van der Waals surface area contributed by atoms with Crippen LogP contribution in [0.15, 0.2) is 95.8 Å². The Kier molecular flexibility index (Phi) is 4.93. The van der Waals surface area contributed by atoms with E-state index in [-0.39, 0.29) is 21.1 Å². The third-order valence-corrected chi connectivity index (χ3v) is 5.80. The Bertz CT molecular complexity index is 1810. The normalized spacial score (nSPS) is 11.3. The van der Waals surface area contributed by atoms with Crippen molar-refractivity contribution in [1.29, 1.82) is 0 Å². The van der Waals surface area contributed by atoms with Crippen molar-refractivity contribution < 1.29 is 30.2 Å². The largest absolute Gasteiger partial charge is 2.00 e. The first kappa shape index (κ1) is 20.6. The molecule has 0 unspecified atom stereocenters. The van der Waals surface area contributed by atoms with Gasteiger partial charge < -0.3 is 14.1 Å². The Balaban J connectivity index is 0.00000217. The second-order valence-electron chi connectivity index (χ2n) is 7.80. The molecule has 0 aliphatic heterocycles. The monoisotopic (exact) mass is 620 g/mol. The Morgan fingerprint density at radius 1 is 0.794 bits per heavy atom. The number of ether oxygens (including phenoxy) is 1. The zero-order chi connectivity index (χ0) is 21.8. The number of pyridine rings is 1. The smallest absolute Gasteiger partial charge is 0.503 e. The van der Waals surface area contributed by atoms with Crippen molar-refractivity contribution in [2.24, 2.45) is 0 Å². The van der Waals surface area contributed by atoms with E-state index < -0.39 is 0 Å². The number of nitrogens with zero attached hydrogens (tertiary/aromatic N) is 3. The van der Waals surface area contributed by atoms with Crippen LogP contribution in [-0.2, 0) is 21.1 Å². The van der Waals surface area contributed by atoms with Crippen LogP contribution in [0.25, 0.3) is 49.3 Å². The van der Waals surface area contributed by atoms with E-state index in [1.165, 1.54) is 0 Å². The Labute approximate surface area is 208 Å². The molecule has 0 aliphatic carbocycles. The van der Waals surface area contributed by atoms with Crippen LogP contribution >= 0.6 is 0 Å². The number of hydrogen-bond acceptors (Lipinski definition) is 4. The Morgan fingerprint density at radius 3 is 2.59 bits per heavy atom. The Hall–Kier alpha value is -3.95. The topological polar surface area (TPSA) is 53.1 Å². The number of hydrogen-bond donors (Lipinski definition) is 0. The summed E-state index contributed by atoms with van der Waals surface area (Å²) in [5, 5.41) is 9.39. The maximum absolute atomic E-state index is 6.12. The van der Waals surface area contributed by atoms with Crippen LogP contribution in [0.3, 0.4) is 0 Å². The van der Waals surface area contributed by atoms with Gasteiger partial charge in [0.15, 0.2) is 5.58 Å². The molecule has 0 spiro atoms.